The van der Waals surface area contributed by atoms with Crippen molar-refractivity contribution in [3.8, 4) is 10.4 Å². The van der Waals surface area contributed by atoms with Crippen LogP contribution in [0.2, 0.25) is 0 Å². The molecule has 4 N–H and O–H groups in total. The van der Waals surface area contributed by atoms with Crippen molar-refractivity contribution in [3.63, 3.8) is 0 Å². The fourth-order valence-electron chi connectivity index (χ4n) is 10.8. The number of carbonyl (C=O) groups excluding carboxylic acids is 4. The Labute approximate surface area is 332 Å². The first-order chi connectivity index (χ1) is 26.7. The topological polar surface area (TPSA) is 168 Å². The highest BCUT2D eigenvalue weighted by Crippen LogP contribution is 2.64. The van der Waals surface area contributed by atoms with Crippen LogP contribution in [0, 0.1) is 35.5 Å². The van der Waals surface area contributed by atoms with Gasteiger partial charge in [-0.05, 0) is 80.2 Å². The van der Waals surface area contributed by atoms with Crippen molar-refractivity contribution in [2.75, 3.05) is 13.1 Å². The average Bonchev–Trinajstić information content (AvgIpc) is 3.85. The third-order valence-electron chi connectivity index (χ3n) is 13.4. The minimum atomic E-state index is -0.998. The van der Waals surface area contributed by atoms with Crippen LogP contribution < -0.4 is 16.0 Å². The summed E-state index contributed by atoms with van der Waals surface area (Å²) >= 11 is 1.58. The predicted molar refractivity (Wildman–Crippen MR) is 207 cm³/mol. The molecule has 304 valence electrons. The zero-order valence-corrected chi connectivity index (χ0v) is 33.9. The van der Waals surface area contributed by atoms with Crippen molar-refractivity contribution in [1.82, 2.24) is 25.8 Å². The number of nitrogens with zero attached hydrogens (tertiary/aromatic N) is 2. The highest BCUT2D eigenvalue weighted by atomic mass is 32.1. The second kappa shape index (κ2) is 15.1. The van der Waals surface area contributed by atoms with E-state index in [0.717, 1.165) is 73.1 Å². The van der Waals surface area contributed by atoms with Crippen LogP contribution in [0.25, 0.3) is 10.4 Å². The first-order valence-electron chi connectivity index (χ1n) is 20.6. The first-order valence-corrected chi connectivity index (χ1v) is 21.4. The van der Waals surface area contributed by atoms with Crippen LogP contribution in [0.3, 0.4) is 0 Å². The number of rotatable bonds is 9. The first kappa shape index (κ1) is 39.4. The molecular formula is C42H57N5O8S. The fourth-order valence-corrected chi connectivity index (χ4v) is 11.6. The normalized spacial score (nSPS) is 32.4. The number of ether oxygens (including phenoxy) is 1. The molecule has 2 aliphatic heterocycles. The van der Waals surface area contributed by atoms with Gasteiger partial charge in [0, 0.05) is 44.7 Å². The number of aliphatic hydroxyl groups excluding tert-OH is 1. The molecule has 3 heterocycles. The fraction of sp³-hybridized carbons (Fsp3) is 0.690. The molecule has 0 radical (unpaired) electrons. The number of nitrogens with one attached hydrogen (secondary N) is 3. The summed E-state index contributed by atoms with van der Waals surface area (Å²) in [5.41, 5.74) is 3.39. The molecule has 8 unspecified atom stereocenters. The Morgan fingerprint density at radius 1 is 0.964 bits per heavy atom. The van der Waals surface area contributed by atoms with Gasteiger partial charge in [0.25, 0.3) is 0 Å². The molecular weight excluding hydrogens is 735 g/mol. The summed E-state index contributed by atoms with van der Waals surface area (Å²) in [7, 11) is 0. The van der Waals surface area contributed by atoms with Gasteiger partial charge >= 0.3 is 0 Å². The van der Waals surface area contributed by atoms with E-state index in [1.165, 1.54) is 11.3 Å². The predicted octanol–water partition coefficient (Wildman–Crippen LogP) is 4.90. The maximum Gasteiger partial charge on any atom is 0.246 e. The largest absolute Gasteiger partial charge is 0.391 e. The van der Waals surface area contributed by atoms with Crippen LogP contribution in [-0.4, -0.2) is 81.5 Å². The number of likely N-dealkylation sites (tertiary alicyclic amines) is 1. The minimum absolute atomic E-state index is 0.0217. The number of benzene rings is 1. The number of aromatic nitrogens is 1. The van der Waals surface area contributed by atoms with E-state index >= 15 is 0 Å². The van der Waals surface area contributed by atoms with E-state index in [0.29, 0.717) is 18.8 Å². The number of thiazole rings is 1. The van der Waals surface area contributed by atoms with E-state index in [-0.39, 0.29) is 49.7 Å². The lowest BCUT2D eigenvalue weighted by atomic mass is 9.58. The number of hydrogen-bond acceptors (Lipinski definition) is 10. The zero-order chi connectivity index (χ0) is 39.5. The molecule has 5 saturated carbocycles. The van der Waals surface area contributed by atoms with Gasteiger partial charge in [0.05, 0.1) is 34.1 Å². The summed E-state index contributed by atoms with van der Waals surface area (Å²) in [6, 6.07) is 6.00. The van der Waals surface area contributed by atoms with Crippen molar-refractivity contribution in [3.05, 3.63) is 41.0 Å². The Morgan fingerprint density at radius 3 is 2.43 bits per heavy atom. The number of aliphatic hydroxyl groups is 1. The lowest BCUT2D eigenvalue weighted by Crippen LogP contribution is -2.59. The van der Waals surface area contributed by atoms with E-state index < -0.39 is 52.4 Å². The molecule has 1 aromatic heterocycles. The molecule has 9 rings (SSSR count). The van der Waals surface area contributed by atoms with Crippen molar-refractivity contribution < 1.29 is 38.8 Å². The second-order valence-corrected chi connectivity index (χ2v) is 19.5. The van der Waals surface area contributed by atoms with E-state index in [1.54, 1.807) is 11.3 Å². The highest BCUT2D eigenvalue weighted by molar-refractivity contribution is 7.13. The van der Waals surface area contributed by atoms with Gasteiger partial charge in [-0.3, -0.25) is 19.2 Å². The van der Waals surface area contributed by atoms with Gasteiger partial charge in [-0.1, -0.05) is 51.5 Å². The highest BCUT2D eigenvalue weighted by Gasteiger charge is 2.65. The van der Waals surface area contributed by atoms with Gasteiger partial charge < -0.3 is 30.7 Å². The van der Waals surface area contributed by atoms with Gasteiger partial charge in [0.1, 0.15) is 12.1 Å². The Kier molecular flexibility index (Phi) is 10.6. The number of amides is 4. The van der Waals surface area contributed by atoms with Crippen molar-refractivity contribution in [2.45, 2.75) is 141 Å². The summed E-state index contributed by atoms with van der Waals surface area (Å²) in [6.45, 7) is 7.46. The SMILES string of the molecule is Cc1ncsc1-c1ccc(CNC(=O)C2CC(O)CN2C(=O)C(NC(=O)CNC(=O)C23CC4CC(C2)CC2(OOC5(CCCCC5)O2)C(C4)C3)C(C)(C)C)cc1. The van der Waals surface area contributed by atoms with Gasteiger partial charge in [-0.2, -0.15) is 9.78 Å². The molecule has 2 aromatic rings. The van der Waals surface area contributed by atoms with E-state index in [2.05, 4.69) is 20.9 Å². The molecule has 2 spiro atoms. The van der Waals surface area contributed by atoms with Crippen LogP contribution in [0.4, 0.5) is 0 Å². The Bertz CT molecular complexity index is 1820. The molecule has 5 aliphatic carbocycles. The quantitative estimate of drug-likeness (QED) is 0.259. The van der Waals surface area contributed by atoms with Crippen LogP contribution in [0.5, 0.6) is 0 Å². The summed E-state index contributed by atoms with van der Waals surface area (Å²) in [5, 5.41) is 19.4. The Hall–Kier alpha value is -3.43. The molecule has 56 heavy (non-hydrogen) atoms. The Morgan fingerprint density at radius 2 is 1.71 bits per heavy atom. The second-order valence-electron chi connectivity index (χ2n) is 18.7. The van der Waals surface area contributed by atoms with Crippen LogP contribution in [0.1, 0.15) is 109 Å². The number of carbonyl (C=O) groups is 4. The lowest BCUT2D eigenvalue weighted by molar-refractivity contribution is -0.364. The summed E-state index contributed by atoms with van der Waals surface area (Å²) in [6.07, 6.45) is 8.93. The molecule has 2 saturated heterocycles. The van der Waals surface area contributed by atoms with Crippen molar-refractivity contribution in [1.29, 1.82) is 0 Å². The van der Waals surface area contributed by atoms with Crippen LogP contribution in [-0.2, 0) is 40.2 Å². The van der Waals surface area contributed by atoms with Crippen LogP contribution >= 0.6 is 11.3 Å². The summed E-state index contributed by atoms with van der Waals surface area (Å²) in [4.78, 5) is 74.4. The third kappa shape index (κ3) is 7.64. The maximum atomic E-state index is 14.2. The molecule has 7 fully saturated rings. The van der Waals surface area contributed by atoms with E-state index in [1.807, 2.05) is 57.5 Å². The molecule has 4 bridgehead atoms. The van der Waals surface area contributed by atoms with Crippen LogP contribution in [0.15, 0.2) is 29.8 Å². The Balaban J connectivity index is 0.881. The van der Waals surface area contributed by atoms with Crippen molar-refractivity contribution in [2.24, 2.45) is 28.6 Å². The molecule has 7 aliphatic rings. The molecule has 8 atom stereocenters. The van der Waals surface area contributed by atoms with E-state index in [9.17, 15) is 24.3 Å². The van der Waals surface area contributed by atoms with Crippen molar-refractivity contribution >= 4 is 35.0 Å². The lowest BCUT2D eigenvalue weighted by Gasteiger charge is -2.47. The number of hydrogen-bond donors (Lipinski definition) is 4. The monoisotopic (exact) mass is 791 g/mol. The van der Waals surface area contributed by atoms with Gasteiger partial charge in [-0.25, -0.2) is 4.98 Å². The van der Waals surface area contributed by atoms with Gasteiger partial charge in [0.15, 0.2) is 0 Å². The van der Waals surface area contributed by atoms with E-state index in [4.69, 9.17) is 14.5 Å². The minimum Gasteiger partial charge on any atom is -0.391 e. The molecule has 4 amide bonds. The number of aryl methyl sites for hydroxylation is 1. The molecule has 1 aromatic carbocycles. The van der Waals surface area contributed by atoms with Gasteiger partial charge in [0.2, 0.25) is 35.2 Å². The zero-order valence-electron chi connectivity index (χ0n) is 33.1. The smallest absolute Gasteiger partial charge is 0.246 e. The average molecular weight is 792 g/mol. The molecule has 13 nitrogen and oxygen atoms in total. The summed E-state index contributed by atoms with van der Waals surface area (Å²) in [5.74, 6) is -2.29. The van der Waals surface area contributed by atoms with Gasteiger partial charge in [-0.15, -0.1) is 11.3 Å². The third-order valence-corrected chi connectivity index (χ3v) is 14.4. The maximum absolute atomic E-state index is 14.2. The standard InChI is InChI=1S/C42H57N5O8S/c1-25-34(56-24-45-25)29-10-8-26(9-11-29)21-43-36(50)32-16-31(48)23-47(32)37(51)35(39(2,3)4)46-33(49)22-44-38(52)40-17-27-14-28(18-40)19-42(30(15-27)20-40)53-41(54-55-42)12-6-5-7-13-41/h8-11,24,27-28,30-32,35,48H,5-7,12-23H2,1-4H3,(H,43,50)(H,44,52)(H,46,49). The molecule has 14 heteroatoms. The summed E-state index contributed by atoms with van der Waals surface area (Å²) < 4.78 is 6.81. The number of β-amino-alcohol motifs (C(OH)–C–C–N with tert-alkyl or cyclic N) is 1.